The number of carbonyl (C=O) groups is 4. The van der Waals surface area contributed by atoms with Crippen LogP contribution in [0.1, 0.15) is 99.8 Å². The number of aromatic amines is 2. The van der Waals surface area contributed by atoms with Crippen molar-refractivity contribution in [2.24, 2.45) is 11.8 Å². The molecule has 1 aromatic carbocycles. The van der Waals surface area contributed by atoms with E-state index >= 15 is 0 Å². The fourth-order valence-electron chi connectivity index (χ4n) is 7.27. The average molecular weight is 767 g/mol. The first kappa shape index (κ1) is 39.7. The molecule has 56 heavy (non-hydrogen) atoms. The zero-order valence-electron chi connectivity index (χ0n) is 32.7. The average Bonchev–Trinajstić information content (AvgIpc) is 4.03. The lowest BCUT2D eigenvalue weighted by Crippen LogP contribution is -2.51. The summed E-state index contributed by atoms with van der Waals surface area (Å²) in [7, 11) is 2.56. The van der Waals surface area contributed by atoms with E-state index in [0.29, 0.717) is 37.4 Å². The monoisotopic (exact) mass is 766 g/mol. The summed E-state index contributed by atoms with van der Waals surface area (Å²) in [5.41, 5.74) is 4.63. The molecule has 2 fully saturated rings. The third-order valence-electron chi connectivity index (χ3n) is 10.3. The Morgan fingerprint density at radius 3 is 1.98 bits per heavy atom. The summed E-state index contributed by atoms with van der Waals surface area (Å²) in [5.74, 6) is 7.17. The van der Waals surface area contributed by atoms with Gasteiger partial charge in [0.2, 0.25) is 11.8 Å². The van der Waals surface area contributed by atoms with E-state index < -0.39 is 24.3 Å². The summed E-state index contributed by atoms with van der Waals surface area (Å²) in [4.78, 5) is 79.7. The number of nitrogens with zero attached hydrogens (tertiary/aromatic N) is 6. The topological polar surface area (TPSA) is 200 Å². The first-order chi connectivity index (χ1) is 26.9. The Kier molecular flexibility index (Phi) is 12.5. The van der Waals surface area contributed by atoms with Crippen molar-refractivity contribution in [3.63, 3.8) is 0 Å². The van der Waals surface area contributed by atoms with Crippen molar-refractivity contribution in [1.29, 1.82) is 0 Å². The van der Waals surface area contributed by atoms with E-state index in [9.17, 15) is 19.2 Å². The van der Waals surface area contributed by atoms with Crippen LogP contribution in [-0.4, -0.2) is 103 Å². The molecule has 3 aromatic heterocycles. The molecule has 4 amide bonds. The van der Waals surface area contributed by atoms with Crippen molar-refractivity contribution in [2.45, 2.75) is 90.4 Å². The van der Waals surface area contributed by atoms with Crippen molar-refractivity contribution in [3.8, 4) is 11.8 Å². The van der Waals surface area contributed by atoms with Gasteiger partial charge in [0.15, 0.2) is 0 Å². The van der Waals surface area contributed by atoms with Gasteiger partial charge < -0.3 is 39.9 Å². The van der Waals surface area contributed by atoms with E-state index in [1.165, 1.54) is 14.2 Å². The molecule has 0 aliphatic carbocycles. The van der Waals surface area contributed by atoms with Gasteiger partial charge >= 0.3 is 12.2 Å². The maximum absolute atomic E-state index is 13.5. The summed E-state index contributed by atoms with van der Waals surface area (Å²) >= 11 is 0. The Hall–Kier alpha value is -5.98. The van der Waals surface area contributed by atoms with Gasteiger partial charge in [-0.05, 0) is 74.5 Å². The number of rotatable bonds is 11. The molecule has 2 saturated heterocycles. The number of aryl methyl sites for hydroxylation is 2. The Balaban J connectivity index is 1.05. The molecule has 0 spiro atoms. The molecule has 4 atom stereocenters. The number of imidazole rings is 2. The van der Waals surface area contributed by atoms with Gasteiger partial charge in [-0.2, -0.15) is 0 Å². The summed E-state index contributed by atoms with van der Waals surface area (Å²) in [6, 6.07) is 3.91. The van der Waals surface area contributed by atoms with Crippen molar-refractivity contribution in [3.05, 3.63) is 71.1 Å². The van der Waals surface area contributed by atoms with Gasteiger partial charge in [0.25, 0.3) is 0 Å². The van der Waals surface area contributed by atoms with E-state index in [0.717, 1.165) is 59.5 Å². The molecule has 16 nitrogen and oxygen atoms in total. The molecule has 6 rings (SSSR count). The highest BCUT2D eigenvalue weighted by atomic mass is 16.5. The summed E-state index contributed by atoms with van der Waals surface area (Å²) in [6.07, 6.45) is 8.44. The fraction of sp³-hybridized carbons (Fsp3) is 0.500. The van der Waals surface area contributed by atoms with Crippen LogP contribution in [-0.2, 0) is 31.9 Å². The molecule has 4 unspecified atom stereocenters. The van der Waals surface area contributed by atoms with Crippen LogP contribution in [0.15, 0.2) is 36.8 Å². The van der Waals surface area contributed by atoms with Crippen LogP contribution in [0.2, 0.25) is 0 Å². The van der Waals surface area contributed by atoms with E-state index in [1.54, 1.807) is 28.4 Å². The number of aromatic nitrogens is 6. The fourth-order valence-corrected chi connectivity index (χ4v) is 7.27. The maximum atomic E-state index is 13.5. The quantitative estimate of drug-likeness (QED) is 0.159. The Morgan fingerprint density at radius 2 is 1.41 bits per heavy atom. The van der Waals surface area contributed by atoms with Crippen LogP contribution >= 0.6 is 0 Å². The second-order valence-electron chi connectivity index (χ2n) is 14.9. The van der Waals surface area contributed by atoms with E-state index in [1.807, 2.05) is 45.9 Å². The number of methoxy groups -OCH3 is 2. The lowest BCUT2D eigenvalue weighted by atomic mass is 10.0. The Morgan fingerprint density at radius 1 is 0.786 bits per heavy atom. The molecule has 0 radical (unpaired) electrons. The van der Waals surface area contributed by atoms with Crippen LogP contribution < -0.4 is 10.6 Å². The highest BCUT2D eigenvalue weighted by molar-refractivity contribution is 5.87. The Bertz CT molecular complexity index is 2100. The smallest absolute Gasteiger partial charge is 0.407 e. The summed E-state index contributed by atoms with van der Waals surface area (Å²) in [6.45, 7) is 8.74. The first-order valence-corrected chi connectivity index (χ1v) is 19.1. The molecule has 5 heterocycles. The van der Waals surface area contributed by atoms with Gasteiger partial charge in [0.1, 0.15) is 29.4 Å². The third kappa shape index (κ3) is 9.10. The van der Waals surface area contributed by atoms with Crippen LogP contribution in [0.4, 0.5) is 9.59 Å². The number of alkyl carbamates (subject to hydrolysis) is 2. The number of carbonyl (C=O) groups excluding carboxylic acids is 4. The van der Waals surface area contributed by atoms with E-state index in [4.69, 9.17) is 14.5 Å². The van der Waals surface area contributed by atoms with E-state index in [-0.39, 0.29) is 35.7 Å². The molecule has 4 N–H and O–H groups in total. The molecule has 4 aromatic rings. The van der Waals surface area contributed by atoms with Gasteiger partial charge in [-0.1, -0.05) is 33.6 Å². The number of nitrogens with one attached hydrogen (secondary N) is 4. The predicted molar refractivity (Wildman–Crippen MR) is 206 cm³/mol. The molecule has 0 bridgehead atoms. The number of hydrogen-bond acceptors (Lipinski definition) is 10. The first-order valence-electron chi connectivity index (χ1n) is 19.1. The molecular formula is C40H50N10O6. The largest absolute Gasteiger partial charge is 0.453 e. The van der Waals surface area contributed by atoms with Crippen LogP contribution in [0.3, 0.4) is 0 Å². The molecule has 2 aliphatic rings. The number of amides is 4. The minimum atomic E-state index is -0.701. The zero-order chi connectivity index (χ0) is 39.9. The number of benzene rings is 1. The highest BCUT2D eigenvalue weighted by Crippen LogP contribution is 2.33. The summed E-state index contributed by atoms with van der Waals surface area (Å²) < 4.78 is 9.48. The van der Waals surface area contributed by atoms with Gasteiger partial charge in [0.05, 0.1) is 49.2 Å². The minimum absolute atomic E-state index is 0.105. The third-order valence-corrected chi connectivity index (χ3v) is 10.3. The summed E-state index contributed by atoms with van der Waals surface area (Å²) in [5, 5.41) is 5.36. The highest BCUT2D eigenvalue weighted by Gasteiger charge is 2.39. The van der Waals surface area contributed by atoms with Gasteiger partial charge in [-0.25, -0.2) is 24.5 Å². The normalized spacial score (nSPS) is 17.8. The number of hydrogen-bond donors (Lipinski definition) is 4. The zero-order valence-corrected chi connectivity index (χ0v) is 32.7. The SMILES string of the molecule is COC(=O)NC(C(=O)N1CCCC1c1ncc(CCc2cnc(C#Cc3ccc4nc(C5CCCN5C(=O)C(NC(=O)OC)C(C)C)[nH]c4c3)cn2)[nH]1)C(C)C. The number of ether oxygens (including phenoxy) is 2. The second kappa shape index (κ2) is 17.7. The number of H-pyrrole nitrogens is 2. The van der Waals surface area contributed by atoms with Crippen molar-refractivity contribution in [1.82, 2.24) is 50.3 Å². The standard InChI is InChI=1S/C40H50N10O6/c1-23(2)33(47-39(53)55-5)37(51)49-17-7-9-31(49)35-43-22-28(44-35)15-14-27-21-41-26(20-42-27)13-11-25-12-16-29-30(19-25)46-36(45-29)32-10-8-18-50(32)38(52)34(24(3)4)48-40(54)56-6/h12,16,19-24,31-34H,7-10,14-15,17-18H2,1-6H3,(H,43,44)(H,45,46)(H,47,53)(H,48,54). The van der Waals surface area contributed by atoms with Crippen LogP contribution in [0.25, 0.3) is 11.0 Å². The van der Waals surface area contributed by atoms with Gasteiger partial charge in [-0.3, -0.25) is 14.6 Å². The van der Waals surface area contributed by atoms with Crippen molar-refractivity contribution >= 4 is 35.0 Å². The minimum Gasteiger partial charge on any atom is -0.453 e. The van der Waals surface area contributed by atoms with Gasteiger partial charge in [0, 0.05) is 36.7 Å². The lowest BCUT2D eigenvalue weighted by Gasteiger charge is -2.30. The second-order valence-corrected chi connectivity index (χ2v) is 14.9. The molecule has 296 valence electrons. The molecule has 0 saturated carbocycles. The lowest BCUT2D eigenvalue weighted by molar-refractivity contribution is -0.136. The van der Waals surface area contributed by atoms with Crippen LogP contribution in [0.5, 0.6) is 0 Å². The van der Waals surface area contributed by atoms with Crippen molar-refractivity contribution in [2.75, 3.05) is 27.3 Å². The van der Waals surface area contributed by atoms with E-state index in [2.05, 4.69) is 47.4 Å². The van der Waals surface area contributed by atoms with Gasteiger partial charge in [-0.15, -0.1) is 0 Å². The molecular weight excluding hydrogens is 717 g/mol. The Labute approximate surface area is 325 Å². The maximum Gasteiger partial charge on any atom is 0.407 e. The molecule has 2 aliphatic heterocycles. The number of fused-ring (bicyclic) bond motifs is 1. The molecule has 16 heteroatoms. The van der Waals surface area contributed by atoms with Crippen LogP contribution in [0, 0.1) is 23.7 Å². The predicted octanol–water partition coefficient (Wildman–Crippen LogP) is 4.35. The number of likely N-dealkylation sites (tertiary alicyclic amines) is 2. The van der Waals surface area contributed by atoms with Crippen molar-refractivity contribution < 1.29 is 28.7 Å².